The number of aromatic amines is 1. The van der Waals surface area contributed by atoms with Gasteiger partial charge in [0.1, 0.15) is 5.60 Å². The van der Waals surface area contributed by atoms with E-state index >= 15 is 0 Å². The summed E-state index contributed by atoms with van der Waals surface area (Å²) in [6, 6.07) is 14.4. The van der Waals surface area contributed by atoms with E-state index in [0.717, 1.165) is 34.0 Å². The van der Waals surface area contributed by atoms with E-state index in [1.807, 2.05) is 51.2 Å². The lowest BCUT2D eigenvalue weighted by Crippen LogP contribution is -2.35. The number of H-pyrrole nitrogens is 1. The third-order valence-electron chi connectivity index (χ3n) is 5.46. The average molecular weight is 392 g/mol. The van der Waals surface area contributed by atoms with Crippen LogP contribution in [0.1, 0.15) is 44.2 Å². The van der Waals surface area contributed by atoms with Gasteiger partial charge in [0, 0.05) is 36.2 Å². The summed E-state index contributed by atoms with van der Waals surface area (Å²) in [5.74, 6) is 0.244. The Kier molecular flexibility index (Phi) is 5.09. The minimum atomic E-state index is -0.490. The number of hydrogen-bond acceptors (Lipinski definition) is 3. The number of ether oxygens (including phenoxy) is 1. The number of aliphatic hydroxyl groups is 1. The van der Waals surface area contributed by atoms with Crippen LogP contribution in [0.15, 0.2) is 48.7 Å². The second kappa shape index (κ2) is 7.56. The van der Waals surface area contributed by atoms with Crippen LogP contribution in [0, 0.1) is 0 Å². The number of likely N-dealkylation sites (tertiary alicyclic amines) is 1. The van der Waals surface area contributed by atoms with E-state index in [-0.39, 0.29) is 18.6 Å². The first-order chi connectivity index (χ1) is 13.9. The van der Waals surface area contributed by atoms with Gasteiger partial charge in [-0.25, -0.2) is 4.79 Å². The summed E-state index contributed by atoms with van der Waals surface area (Å²) in [7, 11) is 0. The van der Waals surface area contributed by atoms with Crippen LogP contribution in [0.2, 0.25) is 0 Å². The van der Waals surface area contributed by atoms with E-state index in [1.165, 1.54) is 5.56 Å². The highest BCUT2D eigenvalue weighted by atomic mass is 16.6. The molecule has 0 bridgehead atoms. The maximum atomic E-state index is 12.4. The third kappa shape index (κ3) is 4.01. The minimum absolute atomic E-state index is 0.0220. The highest BCUT2D eigenvalue weighted by molar-refractivity contribution is 5.91. The van der Waals surface area contributed by atoms with Crippen LogP contribution in [-0.4, -0.2) is 39.8 Å². The second-order valence-electron chi connectivity index (χ2n) is 8.74. The summed E-state index contributed by atoms with van der Waals surface area (Å²) < 4.78 is 5.53. The smallest absolute Gasteiger partial charge is 0.410 e. The average Bonchev–Trinajstić information content (AvgIpc) is 3.33. The fourth-order valence-electron chi connectivity index (χ4n) is 4.09. The van der Waals surface area contributed by atoms with Crippen LogP contribution >= 0.6 is 0 Å². The topological polar surface area (TPSA) is 65.6 Å². The SMILES string of the molecule is CC(C)(C)OC(=O)N1CCC(c2c[nH]c3c(CO)cc(-c4ccccc4)cc23)C1. The summed E-state index contributed by atoms with van der Waals surface area (Å²) in [5, 5.41) is 11.0. The fourth-order valence-corrected chi connectivity index (χ4v) is 4.09. The standard InChI is InChI=1S/C24H28N2O3/c1-24(2,3)29-23(28)26-10-9-17(14-26)21-13-25-22-19(15-27)11-18(12-20(21)22)16-7-5-4-6-8-16/h4-8,11-13,17,25,27H,9-10,14-15H2,1-3H3. The molecule has 2 N–H and O–H groups in total. The Morgan fingerprint density at radius 1 is 1.21 bits per heavy atom. The van der Waals surface area contributed by atoms with E-state index in [0.29, 0.717) is 13.1 Å². The normalized spacial score (nSPS) is 17.1. The van der Waals surface area contributed by atoms with E-state index in [1.54, 1.807) is 4.90 Å². The lowest BCUT2D eigenvalue weighted by Gasteiger charge is -2.24. The Labute approximate surface area is 171 Å². The van der Waals surface area contributed by atoms with Crippen molar-refractivity contribution in [2.24, 2.45) is 0 Å². The highest BCUT2D eigenvalue weighted by Gasteiger charge is 2.31. The molecule has 1 aliphatic heterocycles. The molecule has 152 valence electrons. The third-order valence-corrected chi connectivity index (χ3v) is 5.46. The number of fused-ring (bicyclic) bond motifs is 1. The van der Waals surface area contributed by atoms with Gasteiger partial charge >= 0.3 is 6.09 Å². The maximum Gasteiger partial charge on any atom is 0.410 e. The van der Waals surface area contributed by atoms with Crippen molar-refractivity contribution in [1.29, 1.82) is 0 Å². The summed E-state index contributed by atoms with van der Waals surface area (Å²) in [4.78, 5) is 17.6. The van der Waals surface area contributed by atoms with Gasteiger partial charge < -0.3 is 19.7 Å². The number of nitrogens with zero attached hydrogens (tertiary/aromatic N) is 1. The Morgan fingerprint density at radius 2 is 1.97 bits per heavy atom. The first-order valence-corrected chi connectivity index (χ1v) is 10.1. The molecule has 5 nitrogen and oxygen atoms in total. The van der Waals surface area contributed by atoms with Gasteiger partial charge in [0.25, 0.3) is 0 Å². The van der Waals surface area contributed by atoms with Gasteiger partial charge in [0.05, 0.1) is 12.1 Å². The Bertz CT molecular complexity index is 1020. The lowest BCUT2D eigenvalue weighted by atomic mass is 9.94. The fraction of sp³-hybridized carbons (Fsp3) is 0.375. The van der Waals surface area contributed by atoms with Crippen LogP contribution in [0.4, 0.5) is 4.79 Å². The molecule has 0 spiro atoms. The van der Waals surface area contributed by atoms with Crippen LogP contribution in [-0.2, 0) is 11.3 Å². The van der Waals surface area contributed by atoms with Crippen molar-refractivity contribution in [3.05, 3.63) is 59.8 Å². The molecule has 5 heteroatoms. The lowest BCUT2D eigenvalue weighted by molar-refractivity contribution is 0.0292. The molecule has 0 aliphatic carbocycles. The van der Waals surface area contributed by atoms with Gasteiger partial charge in [-0.15, -0.1) is 0 Å². The molecule has 2 aromatic carbocycles. The van der Waals surface area contributed by atoms with Crippen LogP contribution in [0.3, 0.4) is 0 Å². The van der Waals surface area contributed by atoms with Crippen molar-refractivity contribution >= 4 is 17.0 Å². The van der Waals surface area contributed by atoms with Crippen molar-refractivity contribution in [3.63, 3.8) is 0 Å². The summed E-state index contributed by atoms with van der Waals surface area (Å²) in [6.45, 7) is 6.98. The summed E-state index contributed by atoms with van der Waals surface area (Å²) >= 11 is 0. The van der Waals surface area contributed by atoms with Gasteiger partial charge in [0.15, 0.2) is 0 Å². The molecule has 1 aromatic heterocycles. The van der Waals surface area contributed by atoms with E-state index in [2.05, 4.69) is 23.2 Å². The molecule has 0 radical (unpaired) electrons. The molecule has 1 saturated heterocycles. The number of amides is 1. The molecular weight excluding hydrogens is 364 g/mol. The summed E-state index contributed by atoms with van der Waals surface area (Å²) in [6.07, 6.45) is 2.68. The molecule has 3 aromatic rings. The predicted octanol–water partition coefficient (Wildman–Crippen LogP) is 5.05. The van der Waals surface area contributed by atoms with E-state index in [9.17, 15) is 9.90 Å². The molecule has 29 heavy (non-hydrogen) atoms. The first kappa shape index (κ1) is 19.5. The number of aromatic nitrogens is 1. The molecule has 4 rings (SSSR count). The van der Waals surface area contributed by atoms with Gasteiger partial charge in [0.2, 0.25) is 0 Å². The van der Waals surface area contributed by atoms with Crippen molar-refractivity contribution in [2.45, 2.75) is 45.3 Å². The van der Waals surface area contributed by atoms with Crippen LogP contribution in [0.5, 0.6) is 0 Å². The maximum absolute atomic E-state index is 12.4. The van der Waals surface area contributed by atoms with Crippen LogP contribution < -0.4 is 0 Å². The quantitative estimate of drug-likeness (QED) is 0.655. The zero-order valence-electron chi connectivity index (χ0n) is 17.2. The molecular formula is C24H28N2O3. The molecule has 0 saturated carbocycles. The number of nitrogens with one attached hydrogen (secondary N) is 1. The van der Waals surface area contributed by atoms with Crippen LogP contribution in [0.25, 0.3) is 22.0 Å². The highest BCUT2D eigenvalue weighted by Crippen LogP contribution is 2.36. The first-order valence-electron chi connectivity index (χ1n) is 10.1. The largest absolute Gasteiger partial charge is 0.444 e. The summed E-state index contributed by atoms with van der Waals surface area (Å²) in [5.41, 5.74) is 4.77. The zero-order valence-corrected chi connectivity index (χ0v) is 17.2. The number of rotatable bonds is 3. The Balaban J connectivity index is 1.66. The van der Waals surface area contributed by atoms with Crippen molar-refractivity contribution in [2.75, 3.05) is 13.1 Å². The number of aliphatic hydroxyl groups excluding tert-OH is 1. The molecule has 1 amide bonds. The number of benzene rings is 2. The Morgan fingerprint density at radius 3 is 2.66 bits per heavy atom. The van der Waals surface area contributed by atoms with E-state index in [4.69, 9.17) is 4.74 Å². The predicted molar refractivity (Wildman–Crippen MR) is 115 cm³/mol. The number of hydrogen-bond donors (Lipinski definition) is 2. The zero-order chi connectivity index (χ0) is 20.6. The van der Waals surface area contributed by atoms with Crippen molar-refractivity contribution < 1.29 is 14.6 Å². The molecule has 2 heterocycles. The molecule has 1 unspecified atom stereocenters. The van der Waals surface area contributed by atoms with Crippen molar-refractivity contribution in [3.8, 4) is 11.1 Å². The number of carbonyl (C=O) groups excluding carboxylic acids is 1. The molecule has 1 atom stereocenters. The molecule has 1 fully saturated rings. The van der Waals surface area contributed by atoms with Gasteiger partial charge in [-0.3, -0.25) is 0 Å². The van der Waals surface area contributed by atoms with Crippen molar-refractivity contribution in [1.82, 2.24) is 9.88 Å². The molecule has 1 aliphatic rings. The monoisotopic (exact) mass is 392 g/mol. The second-order valence-corrected chi connectivity index (χ2v) is 8.74. The van der Waals surface area contributed by atoms with Gasteiger partial charge in [-0.1, -0.05) is 30.3 Å². The minimum Gasteiger partial charge on any atom is -0.444 e. The van der Waals surface area contributed by atoms with E-state index < -0.39 is 5.60 Å². The van der Waals surface area contributed by atoms with Gasteiger partial charge in [-0.2, -0.15) is 0 Å². The Hall–Kier alpha value is -2.79. The number of carbonyl (C=O) groups is 1. The van der Waals surface area contributed by atoms with Gasteiger partial charge in [-0.05, 0) is 56.0 Å².